The number of halogens is 2. The maximum absolute atomic E-state index is 13.4. The number of amides is 1. The summed E-state index contributed by atoms with van der Waals surface area (Å²) in [6.07, 6.45) is 3.31. The topological polar surface area (TPSA) is 46.9 Å². The number of carbonyl (C=O) groups is 1. The molecule has 1 aromatic carbocycles. The number of hydrogen-bond donors (Lipinski definition) is 1. The average Bonchev–Trinajstić information content (AvgIpc) is 2.81. The fourth-order valence-corrected chi connectivity index (χ4v) is 1.86. The molecule has 0 saturated carbocycles. The van der Waals surface area contributed by atoms with Gasteiger partial charge >= 0.3 is 0 Å². The molecule has 0 saturated heterocycles. The highest BCUT2D eigenvalue weighted by atomic mass is 127. The zero-order chi connectivity index (χ0) is 14.0. The van der Waals surface area contributed by atoms with Gasteiger partial charge in [0, 0.05) is 21.4 Å². The van der Waals surface area contributed by atoms with Gasteiger partial charge < -0.3 is 5.32 Å². The predicted octanol–water partition coefficient (Wildman–Crippen LogP) is 3.46. The van der Waals surface area contributed by atoms with Gasteiger partial charge in [0.05, 0.1) is 11.9 Å². The van der Waals surface area contributed by atoms with Gasteiger partial charge in [0.1, 0.15) is 5.82 Å². The Kier molecular flexibility index (Phi) is 4.18. The van der Waals surface area contributed by atoms with Crippen LogP contribution in [-0.2, 0) is 0 Å². The monoisotopic (exact) mass is 373 g/mol. The predicted molar refractivity (Wildman–Crippen MR) is 79.7 cm³/mol. The number of rotatable bonds is 3. The van der Waals surface area contributed by atoms with E-state index in [1.54, 1.807) is 29.2 Å². The first kappa shape index (κ1) is 14.0. The number of anilines is 1. The van der Waals surface area contributed by atoms with E-state index in [9.17, 15) is 9.18 Å². The van der Waals surface area contributed by atoms with Crippen LogP contribution in [0.2, 0.25) is 0 Å². The number of nitrogens with zero attached hydrogens (tertiary/aromatic N) is 2. The molecule has 0 aliphatic carbocycles. The Bertz CT molecular complexity index is 610. The Morgan fingerprint density at radius 2 is 2.21 bits per heavy atom. The van der Waals surface area contributed by atoms with E-state index >= 15 is 0 Å². The molecule has 0 radical (unpaired) electrons. The van der Waals surface area contributed by atoms with Crippen LogP contribution < -0.4 is 5.32 Å². The Morgan fingerprint density at radius 3 is 2.79 bits per heavy atom. The second kappa shape index (κ2) is 5.68. The summed E-state index contributed by atoms with van der Waals surface area (Å²) in [5.41, 5.74) is 0.882. The lowest BCUT2D eigenvalue weighted by Crippen LogP contribution is -2.12. The largest absolute Gasteiger partial charge is 0.319 e. The summed E-state index contributed by atoms with van der Waals surface area (Å²) in [7, 11) is 0. The van der Waals surface area contributed by atoms with E-state index in [2.05, 4.69) is 10.4 Å². The van der Waals surface area contributed by atoms with Gasteiger partial charge in [-0.25, -0.2) is 4.39 Å². The molecule has 2 rings (SSSR count). The van der Waals surface area contributed by atoms with E-state index in [1.165, 1.54) is 6.07 Å². The summed E-state index contributed by atoms with van der Waals surface area (Å²) < 4.78 is 15.6. The molecule has 2 aromatic rings. The Morgan fingerprint density at radius 1 is 1.47 bits per heavy atom. The summed E-state index contributed by atoms with van der Waals surface area (Å²) in [5, 5.41) is 6.81. The van der Waals surface area contributed by atoms with E-state index in [0.717, 1.165) is 0 Å². The molecular weight excluding hydrogens is 360 g/mol. The third-order valence-corrected chi connectivity index (χ3v) is 3.45. The average molecular weight is 373 g/mol. The van der Waals surface area contributed by atoms with Gasteiger partial charge in [0.25, 0.3) is 5.91 Å². The molecule has 1 aromatic heterocycles. The van der Waals surface area contributed by atoms with Crippen LogP contribution >= 0.6 is 22.6 Å². The van der Waals surface area contributed by atoms with Gasteiger partial charge in [0.15, 0.2) is 0 Å². The maximum Gasteiger partial charge on any atom is 0.255 e. The van der Waals surface area contributed by atoms with E-state index < -0.39 is 5.82 Å². The second-order valence-electron chi connectivity index (χ2n) is 4.39. The van der Waals surface area contributed by atoms with Crippen molar-refractivity contribution < 1.29 is 9.18 Å². The van der Waals surface area contributed by atoms with Crippen LogP contribution in [0.4, 0.5) is 10.1 Å². The minimum Gasteiger partial charge on any atom is -0.319 e. The quantitative estimate of drug-likeness (QED) is 0.838. The summed E-state index contributed by atoms with van der Waals surface area (Å²) in [5.74, 6) is -0.746. The van der Waals surface area contributed by atoms with Crippen molar-refractivity contribution in [3.63, 3.8) is 0 Å². The van der Waals surface area contributed by atoms with Gasteiger partial charge in [-0.3, -0.25) is 9.48 Å². The fourth-order valence-electron chi connectivity index (χ4n) is 1.53. The molecule has 0 spiro atoms. The zero-order valence-electron chi connectivity index (χ0n) is 10.5. The van der Waals surface area contributed by atoms with Crippen LogP contribution in [0, 0.1) is 9.39 Å². The Labute approximate surface area is 124 Å². The van der Waals surface area contributed by atoms with E-state index in [-0.39, 0.29) is 17.5 Å². The highest BCUT2D eigenvalue weighted by Gasteiger charge is 2.10. The van der Waals surface area contributed by atoms with Crippen LogP contribution in [0.1, 0.15) is 30.2 Å². The van der Waals surface area contributed by atoms with Gasteiger partial charge in [-0.2, -0.15) is 5.10 Å². The zero-order valence-corrected chi connectivity index (χ0v) is 12.7. The molecule has 0 aliphatic heterocycles. The van der Waals surface area contributed by atoms with Gasteiger partial charge in [-0.15, -0.1) is 0 Å². The molecule has 0 aliphatic rings. The lowest BCUT2D eigenvalue weighted by molar-refractivity contribution is 0.102. The van der Waals surface area contributed by atoms with Crippen molar-refractivity contribution in [3.05, 3.63) is 45.5 Å². The summed E-state index contributed by atoms with van der Waals surface area (Å²) in [6.45, 7) is 3.99. The fraction of sp³-hybridized carbons (Fsp3) is 0.231. The van der Waals surface area contributed by atoms with Crippen LogP contribution in [0.5, 0.6) is 0 Å². The molecule has 1 amide bonds. The normalized spacial score (nSPS) is 10.8. The first-order valence-corrected chi connectivity index (χ1v) is 6.86. The number of carbonyl (C=O) groups excluding carboxylic acids is 1. The third kappa shape index (κ3) is 3.31. The van der Waals surface area contributed by atoms with Crippen molar-refractivity contribution in [3.8, 4) is 0 Å². The van der Waals surface area contributed by atoms with Crippen molar-refractivity contribution in [2.45, 2.75) is 19.9 Å². The number of aromatic nitrogens is 2. The molecule has 0 unspecified atom stereocenters. The standard InChI is InChI=1S/C13H13FIN3O/c1-8(2)18-7-10(6-16-18)17-13(19)9-3-4-12(15)11(14)5-9/h3-8H,1-2H3,(H,17,19). The van der Waals surface area contributed by atoms with Crippen LogP contribution in [0.15, 0.2) is 30.6 Å². The van der Waals surface area contributed by atoms with E-state index in [4.69, 9.17) is 0 Å². The van der Waals surface area contributed by atoms with Crippen molar-refractivity contribution in [2.75, 3.05) is 5.32 Å². The minimum atomic E-state index is -0.397. The molecule has 6 heteroatoms. The lowest BCUT2D eigenvalue weighted by Gasteiger charge is -2.04. The first-order chi connectivity index (χ1) is 8.97. The summed E-state index contributed by atoms with van der Waals surface area (Å²) in [4.78, 5) is 11.9. The smallest absolute Gasteiger partial charge is 0.255 e. The lowest BCUT2D eigenvalue weighted by atomic mass is 10.2. The van der Waals surface area contributed by atoms with Gasteiger partial charge in [-0.1, -0.05) is 0 Å². The van der Waals surface area contributed by atoms with Gasteiger partial charge in [-0.05, 0) is 54.6 Å². The minimum absolute atomic E-state index is 0.224. The van der Waals surface area contributed by atoms with Crippen molar-refractivity contribution in [1.29, 1.82) is 0 Å². The Balaban J connectivity index is 2.13. The summed E-state index contributed by atoms with van der Waals surface area (Å²) in [6, 6.07) is 4.61. The number of benzene rings is 1. The Hall–Kier alpha value is -1.44. The number of hydrogen-bond acceptors (Lipinski definition) is 2. The van der Waals surface area contributed by atoms with E-state index in [1.807, 2.05) is 36.4 Å². The maximum atomic E-state index is 13.4. The molecule has 0 bridgehead atoms. The molecule has 0 atom stereocenters. The third-order valence-electron chi connectivity index (χ3n) is 2.57. The van der Waals surface area contributed by atoms with Crippen LogP contribution in [-0.4, -0.2) is 15.7 Å². The SMILES string of the molecule is CC(C)n1cc(NC(=O)c2ccc(I)c(F)c2)cn1. The highest BCUT2D eigenvalue weighted by Crippen LogP contribution is 2.15. The summed E-state index contributed by atoms with van der Waals surface area (Å²) >= 11 is 1.88. The molecule has 100 valence electrons. The van der Waals surface area contributed by atoms with Gasteiger partial charge in [0.2, 0.25) is 0 Å². The molecule has 0 fully saturated rings. The molecule has 4 nitrogen and oxygen atoms in total. The number of nitrogens with one attached hydrogen (secondary N) is 1. The van der Waals surface area contributed by atoms with Crippen molar-refractivity contribution >= 4 is 34.2 Å². The highest BCUT2D eigenvalue weighted by molar-refractivity contribution is 14.1. The van der Waals surface area contributed by atoms with E-state index in [0.29, 0.717) is 9.26 Å². The first-order valence-electron chi connectivity index (χ1n) is 5.78. The molecule has 1 N–H and O–H groups in total. The molecule has 1 heterocycles. The van der Waals surface area contributed by atoms with Crippen molar-refractivity contribution in [1.82, 2.24) is 9.78 Å². The van der Waals surface area contributed by atoms with Crippen molar-refractivity contribution in [2.24, 2.45) is 0 Å². The second-order valence-corrected chi connectivity index (χ2v) is 5.55. The van der Waals surface area contributed by atoms with Crippen LogP contribution in [0.3, 0.4) is 0 Å². The van der Waals surface area contributed by atoms with Crippen LogP contribution in [0.25, 0.3) is 0 Å². The molecule has 19 heavy (non-hydrogen) atoms. The molecular formula is C13H13FIN3O.